The van der Waals surface area contributed by atoms with Crippen molar-refractivity contribution in [2.24, 2.45) is 0 Å². The maximum absolute atomic E-state index is 10.4. The second-order valence-corrected chi connectivity index (χ2v) is 1.63. The number of carbonyl (C=O) groups is 2. The fraction of sp³-hybridized carbons (Fsp3) is 0.400. The van der Waals surface area contributed by atoms with Crippen LogP contribution in [0, 0.1) is 6.61 Å². The van der Waals surface area contributed by atoms with E-state index in [0.29, 0.717) is 0 Å². The van der Waals surface area contributed by atoms with Crippen LogP contribution in [-0.4, -0.2) is 18.0 Å². The van der Waals surface area contributed by atoms with Gasteiger partial charge in [-0.2, -0.15) is 0 Å². The first kappa shape index (κ1) is 9.91. The third-order valence-electron chi connectivity index (χ3n) is 0.896. The second kappa shape index (κ2) is 3.93. The summed E-state index contributed by atoms with van der Waals surface area (Å²) in [5.74, 6) is -1.14. The molecule has 0 aromatic rings. The number of esters is 2. The predicted molar refractivity (Wildman–Crippen MR) is 25.9 cm³/mol. The molecule has 10 heavy (non-hydrogen) atoms. The van der Waals surface area contributed by atoms with E-state index in [-0.39, 0.29) is 32.7 Å². The van der Waals surface area contributed by atoms with Gasteiger partial charge in [-0.25, -0.2) is 0 Å². The van der Waals surface area contributed by atoms with E-state index in [9.17, 15) is 9.59 Å². The molecule has 0 aromatic carbocycles. The number of ether oxygens (including phenoxy) is 2. The Morgan fingerprint density at radius 2 is 2.10 bits per heavy atom. The van der Waals surface area contributed by atoms with Crippen LogP contribution in [0.1, 0.15) is 6.92 Å². The summed E-state index contributed by atoms with van der Waals surface area (Å²) in [7, 11) is 0. The van der Waals surface area contributed by atoms with Crippen LogP contribution < -0.4 is 0 Å². The number of cyclic esters (lactones) is 2. The SMILES string of the molecule is CC1OC(=O)[CH-]OC1=O.[Y]. The average molecular weight is 218 g/mol. The van der Waals surface area contributed by atoms with Gasteiger partial charge in [-0.05, 0) is 6.92 Å². The van der Waals surface area contributed by atoms with Gasteiger partial charge in [0.2, 0.25) is 5.97 Å². The number of hydrogen-bond donors (Lipinski definition) is 0. The van der Waals surface area contributed by atoms with Crippen LogP contribution in [0.3, 0.4) is 0 Å². The van der Waals surface area contributed by atoms with Crippen molar-refractivity contribution in [2.45, 2.75) is 13.0 Å². The van der Waals surface area contributed by atoms with Crippen molar-refractivity contribution >= 4 is 11.9 Å². The Labute approximate surface area is 83.1 Å². The molecule has 0 bridgehead atoms. The predicted octanol–water partition coefficient (Wildman–Crippen LogP) is -0.366. The van der Waals surface area contributed by atoms with Gasteiger partial charge < -0.3 is 9.47 Å². The molecule has 1 rings (SSSR count). The second-order valence-electron chi connectivity index (χ2n) is 1.63. The Morgan fingerprint density at radius 3 is 2.50 bits per heavy atom. The van der Waals surface area contributed by atoms with E-state index < -0.39 is 18.0 Å². The third-order valence-corrected chi connectivity index (χ3v) is 0.896. The van der Waals surface area contributed by atoms with Gasteiger partial charge in [0.1, 0.15) is 0 Å². The normalized spacial score (nSPS) is 23.5. The molecule has 1 radical (unpaired) electrons. The summed E-state index contributed by atoms with van der Waals surface area (Å²) in [6.07, 6.45) is -0.762. The van der Waals surface area contributed by atoms with E-state index in [2.05, 4.69) is 9.47 Å². The minimum atomic E-state index is -0.762. The molecule has 1 saturated heterocycles. The Balaban J connectivity index is 0.000000810. The van der Waals surface area contributed by atoms with Crippen molar-refractivity contribution in [3.05, 3.63) is 6.61 Å². The molecule has 1 atom stereocenters. The summed E-state index contributed by atoms with van der Waals surface area (Å²) in [6.45, 7) is 2.20. The van der Waals surface area contributed by atoms with Gasteiger partial charge >= 0.3 is 5.97 Å². The number of hydrogen-bond acceptors (Lipinski definition) is 4. The average Bonchev–Trinajstić information content (AvgIpc) is 1.80. The van der Waals surface area contributed by atoms with E-state index >= 15 is 0 Å². The van der Waals surface area contributed by atoms with E-state index in [1.165, 1.54) is 6.92 Å². The van der Waals surface area contributed by atoms with Crippen molar-refractivity contribution in [2.75, 3.05) is 0 Å². The molecule has 1 fully saturated rings. The zero-order valence-electron chi connectivity index (χ0n) is 5.37. The summed E-state index contributed by atoms with van der Waals surface area (Å²) in [6, 6.07) is 0. The zero-order valence-corrected chi connectivity index (χ0v) is 8.20. The minimum absolute atomic E-state index is 0. The molecule has 0 spiro atoms. The van der Waals surface area contributed by atoms with E-state index in [4.69, 9.17) is 0 Å². The van der Waals surface area contributed by atoms with Crippen LogP contribution in [0.15, 0.2) is 0 Å². The Kier molecular flexibility index (Phi) is 3.90. The molecule has 1 heterocycles. The summed E-state index contributed by atoms with van der Waals surface area (Å²) < 4.78 is 8.69. The first-order chi connectivity index (χ1) is 4.20. The van der Waals surface area contributed by atoms with Crippen molar-refractivity contribution in [3.63, 3.8) is 0 Å². The standard InChI is InChI=1S/C5H5O4.Y/c1-3-5(7)8-2-4(6)9-3;/h2-3H,1H3;/q-1;. The van der Waals surface area contributed by atoms with Crippen LogP contribution in [0.25, 0.3) is 0 Å². The molecular weight excluding hydrogens is 213 g/mol. The summed E-state index contributed by atoms with van der Waals surface area (Å²) in [5, 5.41) is 0. The van der Waals surface area contributed by atoms with E-state index in [0.717, 1.165) is 6.61 Å². The van der Waals surface area contributed by atoms with Crippen LogP contribution in [0.4, 0.5) is 0 Å². The quantitative estimate of drug-likeness (QED) is 0.411. The van der Waals surface area contributed by atoms with Gasteiger partial charge in [0, 0.05) is 32.7 Å². The molecule has 0 saturated carbocycles. The first-order valence-corrected chi connectivity index (χ1v) is 2.44. The molecule has 1 aliphatic heterocycles. The van der Waals surface area contributed by atoms with Crippen molar-refractivity contribution < 1.29 is 51.8 Å². The van der Waals surface area contributed by atoms with E-state index in [1.54, 1.807) is 0 Å². The molecule has 4 nitrogen and oxygen atoms in total. The van der Waals surface area contributed by atoms with Gasteiger partial charge in [-0.15, -0.1) is 6.61 Å². The topological polar surface area (TPSA) is 52.6 Å². The van der Waals surface area contributed by atoms with Crippen LogP contribution in [-0.2, 0) is 51.8 Å². The monoisotopic (exact) mass is 218 g/mol. The largest absolute Gasteiger partial charge is 0.604 e. The zero-order chi connectivity index (χ0) is 6.85. The third kappa shape index (κ3) is 2.27. The Bertz CT molecular complexity index is 156. The van der Waals surface area contributed by atoms with E-state index in [1.807, 2.05) is 0 Å². The van der Waals surface area contributed by atoms with Gasteiger partial charge in [0.15, 0.2) is 6.10 Å². The molecule has 53 valence electrons. The Morgan fingerprint density at radius 1 is 1.50 bits per heavy atom. The summed E-state index contributed by atoms with van der Waals surface area (Å²) >= 11 is 0. The maximum Gasteiger partial charge on any atom is 0.319 e. The van der Waals surface area contributed by atoms with Crippen LogP contribution >= 0.6 is 0 Å². The van der Waals surface area contributed by atoms with Crippen molar-refractivity contribution in [1.29, 1.82) is 0 Å². The van der Waals surface area contributed by atoms with Gasteiger partial charge in [0.25, 0.3) is 0 Å². The fourth-order valence-electron chi connectivity index (χ4n) is 0.452. The van der Waals surface area contributed by atoms with Crippen LogP contribution in [0.2, 0.25) is 0 Å². The van der Waals surface area contributed by atoms with Crippen LogP contribution in [0.5, 0.6) is 0 Å². The summed E-state index contributed by atoms with van der Waals surface area (Å²) in [4.78, 5) is 20.7. The number of carbonyl (C=O) groups excluding carboxylic acids is 2. The molecule has 0 aliphatic carbocycles. The molecule has 5 heteroatoms. The van der Waals surface area contributed by atoms with Crippen molar-refractivity contribution in [3.8, 4) is 0 Å². The minimum Gasteiger partial charge on any atom is -0.604 e. The van der Waals surface area contributed by atoms with Crippen molar-refractivity contribution in [1.82, 2.24) is 0 Å². The van der Waals surface area contributed by atoms with Gasteiger partial charge in [-0.1, -0.05) is 0 Å². The van der Waals surface area contributed by atoms with Gasteiger partial charge in [-0.3, -0.25) is 9.59 Å². The molecule has 0 aromatic heterocycles. The smallest absolute Gasteiger partial charge is 0.319 e. The molecule has 1 aliphatic rings. The number of rotatable bonds is 0. The fourth-order valence-corrected chi connectivity index (χ4v) is 0.452. The Hall–Kier alpha value is -0.0861. The molecule has 0 N–H and O–H groups in total. The maximum atomic E-state index is 10.4. The molecular formula is C5H5O4Y-. The first-order valence-electron chi connectivity index (χ1n) is 2.44. The van der Waals surface area contributed by atoms with Gasteiger partial charge in [0.05, 0.1) is 0 Å². The molecule has 0 amide bonds. The molecule has 1 unspecified atom stereocenters. The summed E-state index contributed by atoms with van der Waals surface area (Å²) in [5.41, 5.74) is 0.